The minimum atomic E-state index is -0.965. The lowest BCUT2D eigenvalue weighted by atomic mass is 9.90. The van der Waals surface area contributed by atoms with Gasteiger partial charge in [-0.2, -0.15) is 0 Å². The Morgan fingerprint density at radius 2 is 1.70 bits per heavy atom. The molecular weight excluding hydrogens is 410 g/mol. The Bertz CT molecular complexity index is 1060. The number of piperidine rings is 1. The van der Waals surface area contributed by atoms with Gasteiger partial charge in [-0.1, -0.05) is 68.4 Å². The number of aromatic nitrogens is 2. The normalized spacial score (nSPS) is 14.6. The summed E-state index contributed by atoms with van der Waals surface area (Å²) in [5.41, 5.74) is 4.72. The molecule has 0 atom stereocenters. The zero-order valence-corrected chi connectivity index (χ0v) is 19.6. The van der Waals surface area contributed by atoms with Crippen LogP contribution >= 0.6 is 0 Å². The first-order chi connectivity index (χ1) is 16.0. The van der Waals surface area contributed by atoms with Gasteiger partial charge in [0.05, 0.1) is 11.3 Å². The molecular formula is C28H33N3O2. The summed E-state index contributed by atoms with van der Waals surface area (Å²) < 4.78 is 0. The van der Waals surface area contributed by atoms with E-state index in [1.807, 2.05) is 0 Å². The third-order valence-electron chi connectivity index (χ3n) is 6.65. The van der Waals surface area contributed by atoms with Crippen molar-refractivity contribution in [2.24, 2.45) is 5.92 Å². The maximum Gasteiger partial charge on any atom is 0.339 e. The fourth-order valence-corrected chi connectivity index (χ4v) is 4.54. The number of anilines is 1. The molecule has 0 bridgehead atoms. The summed E-state index contributed by atoms with van der Waals surface area (Å²) in [5.74, 6) is 0.853. The minimum Gasteiger partial charge on any atom is -0.478 e. The minimum absolute atomic E-state index is 0.205. The van der Waals surface area contributed by atoms with Crippen molar-refractivity contribution in [3.05, 3.63) is 88.7 Å². The average Bonchev–Trinajstić information content (AvgIpc) is 2.84. The van der Waals surface area contributed by atoms with Crippen molar-refractivity contribution >= 4 is 11.9 Å². The predicted octanol–water partition coefficient (Wildman–Crippen LogP) is 5.54. The van der Waals surface area contributed by atoms with Crippen LogP contribution in [0.25, 0.3) is 0 Å². The van der Waals surface area contributed by atoms with Crippen LogP contribution in [-0.4, -0.2) is 34.1 Å². The van der Waals surface area contributed by atoms with E-state index in [0.717, 1.165) is 38.8 Å². The lowest BCUT2D eigenvalue weighted by molar-refractivity contribution is 0.0694. The highest BCUT2D eigenvalue weighted by atomic mass is 16.4. The average molecular weight is 444 g/mol. The van der Waals surface area contributed by atoms with E-state index in [4.69, 9.17) is 4.98 Å². The Labute approximate surface area is 196 Å². The second-order valence-corrected chi connectivity index (χ2v) is 9.35. The summed E-state index contributed by atoms with van der Waals surface area (Å²) in [7, 11) is 0. The van der Waals surface area contributed by atoms with Crippen LogP contribution in [0.5, 0.6) is 0 Å². The van der Waals surface area contributed by atoms with Gasteiger partial charge in [0, 0.05) is 19.3 Å². The molecule has 0 aliphatic carbocycles. The molecule has 0 amide bonds. The van der Waals surface area contributed by atoms with Crippen LogP contribution in [0.1, 0.15) is 65.3 Å². The monoisotopic (exact) mass is 443 g/mol. The first-order valence-electron chi connectivity index (χ1n) is 12.0. The van der Waals surface area contributed by atoms with E-state index in [0.29, 0.717) is 29.9 Å². The largest absolute Gasteiger partial charge is 0.478 e. The lowest BCUT2D eigenvalue weighted by Crippen LogP contribution is -2.35. The lowest BCUT2D eigenvalue weighted by Gasteiger charge is -2.32. The van der Waals surface area contributed by atoms with Gasteiger partial charge < -0.3 is 10.0 Å². The molecule has 0 spiro atoms. The van der Waals surface area contributed by atoms with Crippen molar-refractivity contribution in [3.63, 3.8) is 0 Å². The van der Waals surface area contributed by atoms with E-state index in [-0.39, 0.29) is 5.56 Å². The Morgan fingerprint density at radius 3 is 2.33 bits per heavy atom. The molecule has 0 saturated carbocycles. The van der Waals surface area contributed by atoms with Gasteiger partial charge in [-0.15, -0.1) is 0 Å². The fourth-order valence-electron chi connectivity index (χ4n) is 4.54. The SMILES string of the molecule is CC(C)c1ccc(CCc2nc(N3CCC(Cc4ccccc4)CC3)ncc2C(=O)O)cc1. The van der Waals surface area contributed by atoms with Crippen molar-refractivity contribution in [1.29, 1.82) is 0 Å². The molecule has 1 fully saturated rings. The van der Waals surface area contributed by atoms with Gasteiger partial charge in [0.25, 0.3) is 0 Å². The summed E-state index contributed by atoms with van der Waals surface area (Å²) in [5, 5.41) is 9.64. The van der Waals surface area contributed by atoms with E-state index in [1.165, 1.54) is 22.9 Å². The van der Waals surface area contributed by atoms with Crippen LogP contribution in [0.15, 0.2) is 60.8 Å². The smallest absolute Gasteiger partial charge is 0.339 e. The van der Waals surface area contributed by atoms with Gasteiger partial charge in [-0.3, -0.25) is 0 Å². The summed E-state index contributed by atoms with van der Waals surface area (Å²) in [6.45, 7) is 6.17. The Morgan fingerprint density at radius 1 is 1.00 bits per heavy atom. The third kappa shape index (κ3) is 5.98. The molecule has 1 N–H and O–H groups in total. The highest BCUT2D eigenvalue weighted by molar-refractivity contribution is 5.88. The molecule has 5 nitrogen and oxygen atoms in total. The van der Waals surface area contributed by atoms with Crippen molar-refractivity contribution in [1.82, 2.24) is 9.97 Å². The number of aromatic carboxylic acids is 1. The highest BCUT2D eigenvalue weighted by Gasteiger charge is 2.23. The number of aryl methyl sites for hydroxylation is 2. The Hall–Kier alpha value is -3.21. The van der Waals surface area contributed by atoms with Gasteiger partial charge in [0.15, 0.2) is 0 Å². The second kappa shape index (κ2) is 10.6. The number of hydrogen-bond acceptors (Lipinski definition) is 4. The molecule has 4 rings (SSSR count). The third-order valence-corrected chi connectivity index (χ3v) is 6.65. The molecule has 0 unspecified atom stereocenters. The molecule has 33 heavy (non-hydrogen) atoms. The standard InChI is InChI=1S/C28H33N3O2/c1-20(2)24-11-8-21(9-12-24)10-13-26-25(27(32)33)19-29-28(30-26)31-16-14-23(15-17-31)18-22-6-4-3-5-7-22/h3-9,11-12,19-20,23H,10,13-18H2,1-2H3,(H,32,33). The van der Waals surface area contributed by atoms with Gasteiger partial charge in [0.1, 0.15) is 0 Å². The predicted molar refractivity (Wildman–Crippen MR) is 132 cm³/mol. The fraction of sp³-hybridized carbons (Fsp3) is 0.393. The topological polar surface area (TPSA) is 66.3 Å². The van der Waals surface area contributed by atoms with Crippen molar-refractivity contribution in [2.75, 3.05) is 18.0 Å². The van der Waals surface area contributed by atoms with E-state index in [9.17, 15) is 9.90 Å². The zero-order valence-electron chi connectivity index (χ0n) is 19.6. The number of carboxylic acid groups (broad SMARTS) is 1. The maximum atomic E-state index is 11.8. The highest BCUT2D eigenvalue weighted by Crippen LogP contribution is 2.25. The molecule has 0 radical (unpaired) electrons. The summed E-state index contributed by atoms with van der Waals surface area (Å²) >= 11 is 0. The molecule has 172 valence electrons. The number of benzene rings is 2. The summed E-state index contributed by atoms with van der Waals surface area (Å²) in [6.07, 6.45) is 6.12. The molecule has 3 aromatic rings. The van der Waals surface area contributed by atoms with Crippen LogP contribution in [0.3, 0.4) is 0 Å². The van der Waals surface area contributed by atoms with E-state index >= 15 is 0 Å². The molecule has 2 aromatic carbocycles. The number of carboxylic acids is 1. The molecule has 1 aromatic heterocycles. The van der Waals surface area contributed by atoms with Crippen LogP contribution in [-0.2, 0) is 19.3 Å². The quantitative estimate of drug-likeness (QED) is 0.495. The summed E-state index contributed by atoms with van der Waals surface area (Å²) in [6, 6.07) is 19.2. The van der Waals surface area contributed by atoms with Crippen molar-refractivity contribution in [3.8, 4) is 0 Å². The van der Waals surface area contributed by atoms with Crippen molar-refractivity contribution in [2.45, 2.75) is 51.9 Å². The zero-order chi connectivity index (χ0) is 23.2. The van der Waals surface area contributed by atoms with E-state index in [2.05, 4.69) is 78.3 Å². The van der Waals surface area contributed by atoms with Crippen LogP contribution < -0.4 is 4.90 Å². The number of carbonyl (C=O) groups is 1. The second-order valence-electron chi connectivity index (χ2n) is 9.35. The van der Waals surface area contributed by atoms with Gasteiger partial charge in [-0.25, -0.2) is 14.8 Å². The van der Waals surface area contributed by atoms with E-state index in [1.54, 1.807) is 0 Å². The summed E-state index contributed by atoms with van der Waals surface area (Å²) in [4.78, 5) is 23.1. The van der Waals surface area contributed by atoms with Crippen molar-refractivity contribution < 1.29 is 9.90 Å². The van der Waals surface area contributed by atoms with Crippen LogP contribution in [0.4, 0.5) is 5.95 Å². The first-order valence-corrected chi connectivity index (χ1v) is 12.0. The number of nitrogens with zero attached hydrogens (tertiary/aromatic N) is 3. The molecule has 1 aliphatic rings. The van der Waals surface area contributed by atoms with Gasteiger partial charge in [-0.05, 0) is 60.6 Å². The van der Waals surface area contributed by atoms with Crippen LogP contribution in [0.2, 0.25) is 0 Å². The molecule has 5 heteroatoms. The molecule has 2 heterocycles. The van der Waals surface area contributed by atoms with Gasteiger partial charge >= 0.3 is 5.97 Å². The molecule has 1 saturated heterocycles. The Kier molecular flexibility index (Phi) is 7.38. The molecule has 1 aliphatic heterocycles. The Balaban J connectivity index is 1.41. The van der Waals surface area contributed by atoms with E-state index < -0.39 is 5.97 Å². The van der Waals surface area contributed by atoms with Crippen LogP contribution in [0, 0.1) is 5.92 Å². The number of hydrogen-bond donors (Lipinski definition) is 1. The maximum absolute atomic E-state index is 11.8. The number of rotatable bonds is 8. The van der Waals surface area contributed by atoms with Gasteiger partial charge in [0.2, 0.25) is 5.95 Å². The first kappa shape index (κ1) is 23.0.